The lowest BCUT2D eigenvalue weighted by atomic mass is 10.0. The zero-order valence-electron chi connectivity index (χ0n) is 13.3. The molecule has 0 saturated carbocycles. The minimum atomic E-state index is -0.567. The molecule has 2 aromatic rings. The van der Waals surface area contributed by atoms with Gasteiger partial charge < -0.3 is 11.1 Å². The van der Waals surface area contributed by atoms with Crippen molar-refractivity contribution < 1.29 is 4.79 Å². The molecule has 1 aromatic carbocycles. The molecule has 0 aliphatic rings. The normalized spacial score (nSPS) is 12.5. The van der Waals surface area contributed by atoms with Gasteiger partial charge in [0, 0.05) is 6.54 Å². The SMILES string of the molecule is CC(C)C[C@@H](N)C(=O)NCCn1[nH]c(=O)c2ccccc2c1=O. The van der Waals surface area contributed by atoms with Crippen molar-refractivity contribution in [2.45, 2.75) is 32.9 Å². The van der Waals surface area contributed by atoms with Crippen LogP contribution in [0, 0.1) is 5.92 Å². The van der Waals surface area contributed by atoms with E-state index >= 15 is 0 Å². The Labute approximate surface area is 133 Å². The first kappa shape index (κ1) is 17.0. The number of benzene rings is 1. The van der Waals surface area contributed by atoms with Crippen LogP contribution < -0.4 is 22.2 Å². The molecule has 4 N–H and O–H groups in total. The molecule has 1 aromatic heterocycles. The molecule has 2 rings (SSSR count). The zero-order valence-corrected chi connectivity index (χ0v) is 13.3. The Hall–Kier alpha value is -2.41. The van der Waals surface area contributed by atoms with E-state index in [2.05, 4.69) is 10.4 Å². The molecule has 124 valence electrons. The van der Waals surface area contributed by atoms with Crippen LogP contribution in [0.15, 0.2) is 33.9 Å². The van der Waals surface area contributed by atoms with Gasteiger partial charge in [0.2, 0.25) is 5.91 Å². The Morgan fingerprint density at radius 2 is 1.91 bits per heavy atom. The number of hydrogen-bond donors (Lipinski definition) is 3. The summed E-state index contributed by atoms with van der Waals surface area (Å²) < 4.78 is 1.21. The summed E-state index contributed by atoms with van der Waals surface area (Å²) in [5, 5.41) is 5.92. The maximum atomic E-state index is 12.3. The third kappa shape index (κ3) is 4.07. The highest BCUT2D eigenvalue weighted by Crippen LogP contribution is 2.03. The summed E-state index contributed by atoms with van der Waals surface area (Å²) in [5.74, 6) is 0.0742. The summed E-state index contributed by atoms with van der Waals surface area (Å²) in [7, 11) is 0. The monoisotopic (exact) mass is 318 g/mol. The highest BCUT2D eigenvalue weighted by atomic mass is 16.2. The van der Waals surface area contributed by atoms with Crippen LogP contribution in [0.25, 0.3) is 10.8 Å². The molecule has 0 radical (unpaired) electrons. The van der Waals surface area contributed by atoms with E-state index in [0.29, 0.717) is 23.1 Å². The number of nitrogens with one attached hydrogen (secondary N) is 2. The Kier molecular flexibility index (Phi) is 5.33. The predicted octanol–water partition coefficient (Wildman–Crippen LogP) is 0.179. The van der Waals surface area contributed by atoms with Crippen LogP contribution in [0.3, 0.4) is 0 Å². The van der Waals surface area contributed by atoms with Gasteiger partial charge in [-0.3, -0.25) is 19.5 Å². The molecule has 1 atom stereocenters. The van der Waals surface area contributed by atoms with Crippen molar-refractivity contribution >= 4 is 16.7 Å². The molecule has 0 spiro atoms. The lowest BCUT2D eigenvalue weighted by Crippen LogP contribution is -2.43. The van der Waals surface area contributed by atoms with Crippen molar-refractivity contribution in [3.8, 4) is 0 Å². The molecule has 7 nitrogen and oxygen atoms in total. The third-order valence-electron chi connectivity index (χ3n) is 3.58. The van der Waals surface area contributed by atoms with Crippen LogP contribution in [0.2, 0.25) is 0 Å². The summed E-state index contributed by atoms with van der Waals surface area (Å²) in [6.07, 6.45) is 0.596. The second kappa shape index (κ2) is 7.23. The van der Waals surface area contributed by atoms with Gasteiger partial charge in [-0.2, -0.15) is 0 Å². The first-order chi connectivity index (χ1) is 10.9. The number of amides is 1. The van der Waals surface area contributed by atoms with Gasteiger partial charge in [0.25, 0.3) is 11.1 Å². The maximum absolute atomic E-state index is 12.3. The van der Waals surface area contributed by atoms with Gasteiger partial charge in [0.1, 0.15) is 0 Å². The molecule has 1 amide bonds. The number of nitrogens with zero attached hydrogens (tertiary/aromatic N) is 1. The van der Waals surface area contributed by atoms with E-state index < -0.39 is 6.04 Å². The van der Waals surface area contributed by atoms with Crippen molar-refractivity contribution in [1.82, 2.24) is 15.1 Å². The summed E-state index contributed by atoms with van der Waals surface area (Å²) >= 11 is 0. The number of rotatable bonds is 6. The van der Waals surface area contributed by atoms with Crippen molar-refractivity contribution in [3.05, 3.63) is 45.0 Å². The van der Waals surface area contributed by atoms with Gasteiger partial charge in [0.05, 0.1) is 23.4 Å². The maximum Gasteiger partial charge on any atom is 0.273 e. The second-order valence-electron chi connectivity index (χ2n) is 5.97. The third-order valence-corrected chi connectivity index (χ3v) is 3.58. The molecule has 23 heavy (non-hydrogen) atoms. The lowest BCUT2D eigenvalue weighted by molar-refractivity contribution is -0.122. The Bertz CT molecular complexity index is 807. The quantitative estimate of drug-likeness (QED) is 0.705. The first-order valence-corrected chi connectivity index (χ1v) is 7.65. The summed E-state index contributed by atoms with van der Waals surface area (Å²) in [6, 6.07) is 6.06. The number of fused-ring (bicyclic) bond motifs is 1. The molecule has 0 aliphatic carbocycles. The molecular formula is C16H22N4O3. The number of aromatic nitrogens is 2. The fourth-order valence-corrected chi connectivity index (χ4v) is 2.44. The van der Waals surface area contributed by atoms with Crippen molar-refractivity contribution in [3.63, 3.8) is 0 Å². The minimum absolute atomic E-state index is 0.180. The minimum Gasteiger partial charge on any atom is -0.353 e. The Morgan fingerprint density at radius 1 is 1.26 bits per heavy atom. The number of carbonyl (C=O) groups excluding carboxylic acids is 1. The number of carbonyl (C=O) groups is 1. The van der Waals surface area contributed by atoms with Gasteiger partial charge in [-0.1, -0.05) is 26.0 Å². The van der Waals surface area contributed by atoms with Crippen molar-refractivity contribution in [1.29, 1.82) is 0 Å². The Balaban J connectivity index is 2.06. The van der Waals surface area contributed by atoms with Crippen LogP contribution in [0.1, 0.15) is 20.3 Å². The van der Waals surface area contributed by atoms with E-state index in [4.69, 9.17) is 5.73 Å². The molecule has 0 unspecified atom stereocenters. The molecule has 0 bridgehead atoms. The van der Waals surface area contributed by atoms with E-state index in [0.717, 1.165) is 0 Å². The average Bonchev–Trinajstić information content (AvgIpc) is 2.51. The topological polar surface area (TPSA) is 110 Å². The highest BCUT2D eigenvalue weighted by Gasteiger charge is 2.14. The molecule has 0 fully saturated rings. The number of H-pyrrole nitrogens is 1. The summed E-state index contributed by atoms with van der Waals surface area (Å²) in [6.45, 7) is 4.39. The van der Waals surface area contributed by atoms with E-state index in [1.807, 2.05) is 13.8 Å². The first-order valence-electron chi connectivity index (χ1n) is 7.65. The van der Waals surface area contributed by atoms with E-state index in [9.17, 15) is 14.4 Å². The lowest BCUT2D eigenvalue weighted by Gasteiger charge is -2.14. The van der Waals surface area contributed by atoms with Gasteiger partial charge in [-0.05, 0) is 24.5 Å². The summed E-state index contributed by atoms with van der Waals surface area (Å²) in [4.78, 5) is 36.1. The fraction of sp³-hybridized carbons (Fsp3) is 0.438. The standard InChI is InChI=1S/C16H22N4O3/c1-10(2)9-13(17)15(22)18-7-8-20-16(23)12-6-4-3-5-11(12)14(21)19-20/h3-6,10,13H,7-9,17H2,1-2H3,(H,18,22)(H,19,21)/t13-/m1/s1. The highest BCUT2D eigenvalue weighted by molar-refractivity contribution is 5.81. The number of hydrogen-bond acceptors (Lipinski definition) is 4. The van der Waals surface area contributed by atoms with Crippen LogP contribution >= 0.6 is 0 Å². The average molecular weight is 318 g/mol. The van der Waals surface area contributed by atoms with E-state index in [-0.39, 0.29) is 30.1 Å². The number of nitrogens with two attached hydrogens (primary N) is 1. The molecule has 1 heterocycles. The molecule has 0 saturated heterocycles. The van der Waals surface area contributed by atoms with Gasteiger partial charge in [0.15, 0.2) is 0 Å². The summed E-state index contributed by atoms with van der Waals surface area (Å²) in [5.41, 5.74) is 5.17. The van der Waals surface area contributed by atoms with E-state index in [1.165, 1.54) is 4.68 Å². The van der Waals surface area contributed by atoms with Crippen LogP contribution in [-0.2, 0) is 11.3 Å². The van der Waals surface area contributed by atoms with Gasteiger partial charge >= 0.3 is 0 Å². The van der Waals surface area contributed by atoms with Crippen molar-refractivity contribution in [2.75, 3.05) is 6.54 Å². The second-order valence-corrected chi connectivity index (χ2v) is 5.97. The Morgan fingerprint density at radius 3 is 2.57 bits per heavy atom. The molecule has 7 heteroatoms. The molecular weight excluding hydrogens is 296 g/mol. The van der Waals surface area contributed by atoms with Crippen molar-refractivity contribution in [2.24, 2.45) is 11.7 Å². The predicted molar refractivity (Wildman–Crippen MR) is 89.3 cm³/mol. The number of aromatic amines is 1. The molecule has 0 aliphatic heterocycles. The van der Waals surface area contributed by atoms with E-state index in [1.54, 1.807) is 24.3 Å². The fourth-order valence-electron chi connectivity index (χ4n) is 2.44. The van der Waals surface area contributed by atoms with Crippen LogP contribution in [-0.4, -0.2) is 28.3 Å². The van der Waals surface area contributed by atoms with Gasteiger partial charge in [-0.15, -0.1) is 0 Å². The largest absolute Gasteiger partial charge is 0.353 e. The smallest absolute Gasteiger partial charge is 0.273 e. The van der Waals surface area contributed by atoms with Gasteiger partial charge in [-0.25, -0.2) is 4.68 Å². The van der Waals surface area contributed by atoms with Crippen LogP contribution in [0.4, 0.5) is 0 Å². The van der Waals surface area contributed by atoms with Crippen LogP contribution in [0.5, 0.6) is 0 Å². The zero-order chi connectivity index (χ0) is 17.0.